The minimum Gasteiger partial charge on any atom is -0.508 e. The largest absolute Gasteiger partial charge is 0.508 e. The number of esters is 2. The molecular formula is C19H21NO5. The van der Waals surface area contributed by atoms with Crippen LogP contribution in [0.25, 0.3) is 11.1 Å². The number of aromatic hydroxyl groups is 1. The van der Waals surface area contributed by atoms with Crippen molar-refractivity contribution in [3.63, 3.8) is 0 Å². The molecule has 0 fully saturated rings. The lowest BCUT2D eigenvalue weighted by molar-refractivity contribution is 0.0525. The van der Waals surface area contributed by atoms with Crippen LogP contribution >= 0.6 is 0 Å². The molecule has 0 saturated heterocycles. The van der Waals surface area contributed by atoms with Gasteiger partial charge in [0.05, 0.1) is 35.7 Å². The summed E-state index contributed by atoms with van der Waals surface area (Å²) in [5, 5.41) is 9.54. The molecule has 0 amide bonds. The van der Waals surface area contributed by atoms with Crippen LogP contribution in [0.4, 0.5) is 0 Å². The first-order valence-electron chi connectivity index (χ1n) is 8.05. The van der Waals surface area contributed by atoms with Gasteiger partial charge in [-0.25, -0.2) is 9.59 Å². The number of phenolic OH excluding ortho intramolecular Hbond substituents is 1. The Balaban J connectivity index is 2.82. The van der Waals surface area contributed by atoms with Crippen molar-refractivity contribution in [2.24, 2.45) is 0 Å². The van der Waals surface area contributed by atoms with Gasteiger partial charge in [0.25, 0.3) is 0 Å². The summed E-state index contributed by atoms with van der Waals surface area (Å²) in [4.78, 5) is 29.3. The predicted octanol–water partition coefficient (Wildman–Crippen LogP) is 3.42. The molecule has 6 nitrogen and oxygen atoms in total. The molecule has 0 radical (unpaired) electrons. The zero-order valence-electron chi connectivity index (χ0n) is 14.8. The third-order valence-electron chi connectivity index (χ3n) is 3.67. The Labute approximate surface area is 146 Å². The normalized spacial score (nSPS) is 10.4. The van der Waals surface area contributed by atoms with Crippen LogP contribution in [0.2, 0.25) is 0 Å². The van der Waals surface area contributed by atoms with Crippen LogP contribution in [0.3, 0.4) is 0 Å². The van der Waals surface area contributed by atoms with E-state index in [1.807, 2.05) is 0 Å². The summed E-state index contributed by atoms with van der Waals surface area (Å²) in [6.45, 7) is 7.21. The van der Waals surface area contributed by atoms with Crippen molar-refractivity contribution in [1.82, 2.24) is 4.98 Å². The first-order chi connectivity index (χ1) is 11.9. The van der Waals surface area contributed by atoms with Crippen LogP contribution in [-0.2, 0) is 9.47 Å². The van der Waals surface area contributed by atoms with Gasteiger partial charge in [-0.1, -0.05) is 12.1 Å². The summed E-state index contributed by atoms with van der Waals surface area (Å²) >= 11 is 0. The quantitative estimate of drug-likeness (QED) is 0.837. The lowest BCUT2D eigenvalue weighted by atomic mass is 9.92. The Bertz CT molecular complexity index is 754. The number of carbonyl (C=O) groups excluding carboxylic acids is 2. The van der Waals surface area contributed by atoms with Crippen molar-refractivity contribution in [3.8, 4) is 16.9 Å². The van der Waals surface area contributed by atoms with Gasteiger partial charge in [0, 0.05) is 5.56 Å². The van der Waals surface area contributed by atoms with Gasteiger partial charge in [0.2, 0.25) is 0 Å². The maximum Gasteiger partial charge on any atom is 0.340 e. The molecule has 132 valence electrons. The molecule has 0 aliphatic rings. The van der Waals surface area contributed by atoms with E-state index in [9.17, 15) is 14.7 Å². The van der Waals surface area contributed by atoms with Crippen LogP contribution in [-0.4, -0.2) is 35.2 Å². The van der Waals surface area contributed by atoms with Gasteiger partial charge in [-0.2, -0.15) is 0 Å². The molecule has 25 heavy (non-hydrogen) atoms. The highest BCUT2D eigenvalue weighted by Gasteiger charge is 2.27. The van der Waals surface area contributed by atoms with E-state index in [2.05, 4.69) is 4.98 Å². The lowest BCUT2D eigenvalue weighted by Crippen LogP contribution is -2.17. The molecule has 6 heteroatoms. The third kappa shape index (κ3) is 3.79. The zero-order chi connectivity index (χ0) is 18.6. The monoisotopic (exact) mass is 343 g/mol. The van der Waals surface area contributed by atoms with Gasteiger partial charge in [-0.3, -0.25) is 4.98 Å². The Morgan fingerprint density at radius 1 is 0.920 bits per heavy atom. The Hall–Kier alpha value is -2.89. The summed E-state index contributed by atoms with van der Waals surface area (Å²) in [7, 11) is 0. The lowest BCUT2D eigenvalue weighted by Gasteiger charge is -2.17. The fraction of sp³-hybridized carbons (Fsp3) is 0.316. The van der Waals surface area contributed by atoms with Gasteiger partial charge in [-0.05, 0) is 45.4 Å². The molecule has 1 N–H and O–H groups in total. The van der Waals surface area contributed by atoms with Gasteiger partial charge in [0.15, 0.2) is 0 Å². The number of nitrogens with zero attached hydrogens (tertiary/aromatic N) is 1. The number of rotatable bonds is 5. The van der Waals surface area contributed by atoms with E-state index in [1.54, 1.807) is 39.8 Å². The topological polar surface area (TPSA) is 85.7 Å². The van der Waals surface area contributed by atoms with Crippen LogP contribution in [0, 0.1) is 13.8 Å². The highest BCUT2D eigenvalue weighted by atomic mass is 16.5. The molecule has 0 saturated carbocycles. The van der Waals surface area contributed by atoms with Crippen LogP contribution in [0.1, 0.15) is 46.0 Å². The number of phenols is 1. The number of pyridine rings is 1. The van der Waals surface area contributed by atoms with Gasteiger partial charge in [-0.15, -0.1) is 0 Å². The van der Waals surface area contributed by atoms with Crippen LogP contribution in [0.15, 0.2) is 24.3 Å². The van der Waals surface area contributed by atoms with Crippen molar-refractivity contribution in [3.05, 3.63) is 46.8 Å². The number of aromatic nitrogens is 1. The summed E-state index contributed by atoms with van der Waals surface area (Å²) in [6, 6.07) is 6.25. The fourth-order valence-corrected chi connectivity index (χ4v) is 2.67. The number of carbonyl (C=O) groups is 2. The average molecular weight is 343 g/mol. The van der Waals surface area contributed by atoms with Crippen LogP contribution < -0.4 is 0 Å². The molecule has 0 atom stereocenters. The highest BCUT2D eigenvalue weighted by molar-refractivity contribution is 6.07. The molecule has 0 bridgehead atoms. The zero-order valence-corrected chi connectivity index (χ0v) is 14.8. The SMILES string of the molecule is CCOC(=O)c1c(C)nc(C)c(C(=O)OCC)c1-c1ccc(O)cc1. The summed E-state index contributed by atoms with van der Waals surface area (Å²) < 4.78 is 10.3. The second kappa shape index (κ2) is 7.79. The third-order valence-corrected chi connectivity index (χ3v) is 3.67. The number of ether oxygens (including phenoxy) is 2. The number of hydrogen-bond donors (Lipinski definition) is 1. The smallest absolute Gasteiger partial charge is 0.340 e. The first kappa shape index (κ1) is 18.4. The second-order valence-corrected chi connectivity index (χ2v) is 5.40. The molecule has 1 aromatic heterocycles. The maximum absolute atomic E-state index is 12.5. The molecular weight excluding hydrogens is 322 g/mol. The Morgan fingerprint density at radius 2 is 1.36 bits per heavy atom. The Morgan fingerprint density at radius 3 is 1.76 bits per heavy atom. The molecule has 1 aromatic carbocycles. The maximum atomic E-state index is 12.5. The summed E-state index contributed by atoms with van der Waals surface area (Å²) in [5.41, 5.74) is 2.38. The molecule has 0 unspecified atom stereocenters. The van der Waals surface area contributed by atoms with Crippen molar-refractivity contribution < 1.29 is 24.2 Å². The van der Waals surface area contributed by atoms with Gasteiger partial charge < -0.3 is 14.6 Å². The van der Waals surface area contributed by atoms with Gasteiger partial charge in [0.1, 0.15) is 5.75 Å². The molecule has 0 aliphatic carbocycles. The fourth-order valence-electron chi connectivity index (χ4n) is 2.67. The van der Waals surface area contributed by atoms with Crippen molar-refractivity contribution >= 4 is 11.9 Å². The van der Waals surface area contributed by atoms with E-state index in [0.717, 1.165) is 0 Å². The molecule has 1 heterocycles. The number of benzene rings is 1. The first-order valence-corrected chi connectivity index (χ1v) is 8.05. The molecule has 2 aromatic rings. The van der Waals surface area contributed by atoms with E-state index >= 15 is 0 Å². The Kier molecular flexibility index (Phi) is 5.75. The van der Waals surface area contributed by atoms with E-state index in [4.69, 9.17) is 9.47 Å². The van der Waals surface area contributed by atoms with Crippen molar-refractivity contribution in [2.75, 3.05) is 13.2 Å². The highest BCUT2D eigenvalue weighted by Crippen LogP contribution is 2.33. The summed E-state index contributed by atoms with van der Waals surface area (Å²) in [5.74, 6) is -1.02. The summed E-state index contributed by atoms with van der Waals surface area (Å²) in [6.07, 6.45) is 0. The minimum absolute atomic E-state index is 0.0848. The standard InChI is InChI=1S/C19H21NO5/c1-5-24-18(22)15-11(3)20-12(4)16(19(23)25-6-2)17(15)13-7-9-14(21)10-8-13/h7-10,21H,5-6H2,1-4H3. The van der Waals surface area contributed by atoms with Crippen molar-refractivity contribution in [2.45, 2.75) is 27.7 Å². The van der Waals surface area contributed by atoms with E-state index in [1.165, 1.54) is 12.1 Å². The second-order valence-electron chi connectivity index (χ2n) is 5.40. The molecule has 0 spiro atoms. The number of aryl methyl sites for hydroxylation is 2. The minimum atomic E-state index is -0.555. The van der Waals surface area contributed by atoms with Crippen molar-refractivity contribution in [1.29, 1.82) is 0 Å². The average Bonchev–Trinajstić information content (AvgIpc) is 2.55. The van der Waals surface area contributed by atoms with E-state index < -0.39 is 11.9 Å². The van der Waals surface area contributed by atoms with E-state index in [-0.39, 0.29) is 30.1 Å². The van der Waals surface area contributed by atoms with Gasteiger partial charge >= 0.3 is 11.9 Å². The molecule has 0 aliphatic heterocycles. The van der Waals surface area contributed by atoms with E-state index in [0.29, 0.717) is 22.5 Å². The van der Waals surface area contributed by atoms with Crippen LogP contribution in [0.5, 0.6) is 5.75 Å². The predicted molar refractivity (Wildman–Crippen MR) is 92.7 cm³/mol. The molecule has 2 rings (SSSR count). The number of hydrogen-bond acceptors (Lipinski definition) is 6.